The summed E-state index contributed by atoms with van der Waals surface area (Å²) >= 11 is 0. The van der Waals surface area contributed by atoms with Crippen LogP contribution >= 0.6 is 0 Å². The maximum atomic E-state index is 5.47. The van der Waals surface area contributed by atoms with E-state index >= 15 is 0 Å². The van der Waals surface area contributed by atoms with Gasteiger partial charge in [-0.25, -0.2) is 4.98 Å². The van der Waals surface area contributed by atoms with Gasteiger partial charge in [-0.1, -0.05) is 0 Å². The maximum Gasteiger partial charge on any atom is 0.151 e. The highest BCUT2D eigenvalue weighted by atomic mass is 16.3. The van der Waals surface area contributed by atoms with Gasteiger partial charge in [-0.05, 0) is 18.2 Å². The minimum absolute atomic E-state index is 0.853. The first-order valence-corrected chi connectivity index (χ1v) is 6.72. The molecule has 0 spiro atoms. The summed E-state index contributed by atoms with van der Waals surface area (Å²) in [6, 6.07) is 5.89. The summed E-state index contributed by atoms with van der Waals surface area (Å²) in [7, 11) is 0. The van der Waals surface area contributed by atoms with Crippen molar-refractivity contribution in [1.82, 2.24) is 14.5 Å². The molecule has 0 N–H and O–H groups in total. The average molecular weight is 269 g/mol. The number of hydrogen-bond acceptors (Lipinski definition) is 4. The van der Waals surface area contributed by atoms with Gasteiger partial charge in [0.25, 0.3) is 0 Å². The Hall–Kier alpha value is -2.27. The predicted molar refractivity (Wildman–Crippen MR) is 72.8 cm³/mol. The minimum atomic E-state index is 0.853. The van der Waals surface area contributed by atoms with E-state index in [0.29, 0.717) is 0 Å². The molecule has 0 bridgehead atoms. The fraction of sp³-hybridized carbons (Fsp3) is 0.267. The van der Waals surface area contributed by atoms with Gasteiger partial charge in [0.2, 0.25) is 0 Å². The van der Waals surface area contributed by atoms with Gasteiger partial charge < -0.3 is 13.4 Å². The highest BCUT2D eigenvalue weighted by Crippen LogP contribution is 2.24. The standard InChI is InChI=1S/C15H15N3O2/c1-2-14(20-6-1)13-8-16-15-10-17(4-5-18(13)15)9-12-3-7-19-11-12/h1-3,6-8,11H,4-5,9-10H2. The molecule has 0 amide bonds. The molecule has 0 unspecified atom stereocenters. The van der Waals surface area contributed by atoms with Gasteiger partial charge in [-0.3, -0.25) is 4.90 Å². The van der Waals surface area contributed by atoms with Crippen LogP contribution in [0.3, 0.4) is 0 Å². The van der Waals surface area contributed by atoms with E-state index in [0.717, 1.165) is 43.5 Å². The van der Waals surface area contributed by atoms with Gasteiger partial charge in [0.1, 0.15) is 11.5 Å². The molecule has 0 aromatic carbocycles. The zero-order chi connectivity index (χ0) is 13.4. The molecule has 5 nitrogen and oxygen atoms in total. The fourth-order valence-corrected chi connectivity index (χ4v) is 2.71. The third kappa shape index (κ3) is 1.96. The molecule has 0 saturated heterocycles. The molecular weight excluding hydrogens is 254 g/mol. The number of furan rings is 2. The van der Waals surface area contributed by atoms with Gasteiger partial charge >= 0.3 is 0 Å². The number of rotatable bonds is 3. The Labute approximate surface area is 116 Å². The number of hydrogen-bond donors (Lipinski definition) is 0. The first-order chi connectivity index (χ1) is 9.90. The van der Waals surface area contributed by atoms with Gasteiger partial charge in [0.05, 0.1) is 31.5 Å². The van der Waals surface area contributed by atoms with Crippen LogP contribution in [0.5, 0.6) is 0 Å². The van der Waals surface area contributed by atoms with Crippen LogP contribution in [0.4, 0.5) is 0 Å². The Kier molecular flexibility index (Phi) is 2.70. The molecular formula is C15H15N3O2. The molecule has 4 heterocycles. The number of imidazole rings is 1. The van der Waals surface area contributed by atoms with Crippen molar-refractivity contribution in [3.8, 4) is 11.5 Å². The Balaban J connectivity index is 1.56. The van der Waals surface area contributed by atoms with Crippen molar-refractivity contribution in [2.45, 2.75) is 19.6 Å². The Bertz CT molecular complexity index is 683. The van der Waals surface area contributed by atoms with Crippen molar-refractivity contribution in [2.24, 2.45) is 0 Å². The van der Waals surface area contributed by atoms with Crippen molar-refractivity contribution >= 4 is 0 Å². The Morgan fingerprint density at radius 1 is 1.20 bits per heavy atom. The van der Waals surface area contributed by atoms with Crippen LogP contribution in [-0.2, 0) is 19.6 Å². The molecule has 5 heteroatoms. The summed E-state index contributed by atoms with van der Waals surface area (Å²) in [5.41, 5.74) is 2.27. The van der Waals surface area contributed by atoms with Crippen molar-refractivity contribution in [3.63, 3.8) is 0 Å². The lowest BCUT2D eigenvalue weighted by Crippen LogP contribution is -2.33. The van der Waals surface area contributed by atoms with E-state index in [4.69, 9.17) is 8.83 Å². The summed E-state index contributed by atoms with van der Waals surface area (Å²) < 4.78 is 12.8. The quantitative estimate of drug-likeness (QED) is 0.733. The van der Waals surface area contributed by atoms with E-state index in [1.165, 1.54) is 5.56 Å². The smallest absolute Gasteiger partial charge is 0.151 e. The predicted octanol–water partition coefficient (Wildman–Crippen LogP) is 2.75. The van der Waals surface area contributed by atoms with E-state index in [-0.39, 0.29) is 0 Å². The zero-order valence-electron chi connectivity index (χ0n) is 11.0. The van der Waals surface area contributed by atoms with Crippen molar-refractivity contribution in [2.75, 3.05) is 6.54 Å². The van der Waals surface area contributed by atoms with Crippen LogP contribution in [-0.4, -0.2) is 21.0 Å². The summed E-state index contributed by atoms with van der Waals surface area (Å²) in [6.07, 6.45) is 7.11. The molecule has 1 aliphatic rings. The first-order valence-electron chi connectivity index (χ1n) is 6.72. The van der Waals surface area contributed by atoms with E-state index in [2.05, 4.69) is 14.5 Å². The van der Waals surface area contributed by atoms with Crippen LogP contribution in [0.2, 0.25) is 0 Å². The monoisotopic (exact) mass is 269 g/mol. The van der Waals surface area contributed by atoms with E-state index in [9.17, 15) is 0 Å². The molecule has 0 atom stereocenters. The molecule has 3 aromatic heterocycles. The molecule has 4 rings (SSSR count). The molecule has 20 heavy (non-hydrogen) atoms. The second-order valence-corrected chi connectivity index (χ2v) is 5.03. The Morgan fingerprint density at radius 2 is 2.20 bits per heavy atom. The van der Waals surface area contributed by atoms with Gasteiger partial charge in [-0.2, -0.15) is 0 Å². The molecule has 1 aliphatic heterocycles. The fourth-order valence-electron chi connectivity index (χ4n) is 2.71. The van der Waals surface area contributed by atoms with Crippen LogP contribution in [0.1, 0.15) is 11.4 Å². The third-order valence-electron chi connectivity index (χ3n) is 3.70. The van der Waals surface area contributed by atoms with Gasteiger partial charge in [0.15, 0.2) is 5.76 Å². The SMILES string of the molecule is c1coc(-c2cnc3n2CCN(Cc2ccoc2)C3)c1. The normalized spacial score (nSPS) is 15.4. The summed E-state index contributed by atoms with van der Waals surface area (Å²) in [4.78, 5) is 6.90. The summed E-state index contributed by atoms with van der Waals surface area (Å²) in [5, 5.41) is 0. The highest BCUT2D eigenvalue weighted by Gasteiger charge is 2.21. The molecule has 3 aromatic rings. The zero-order valence-corrected chi connectivity index (χ0v) is 11.0. The molecule has 0 fully saturated rings. The molecule has 0 aliphatic carbocycles. The van der Waals surface area contributed by atoms with Crippen molar-refractivity contribution < 1.29 is 8.83 Å². The Morgan fingerprint density at radius 3 is 3.00 bits per heavy atom. The van der Waals surface area contributed by atoms with E-state index < -0.39 is 0 Å². The van der Waals surface area contributed by atoms with Crippen LogP contribution in [0, 0.1) is 0 Å². The number of nitrogens with zero attached hydrogens (tertiary/aromatic N) is 3. The second kappa shape index (κ2) is 4.68. The third-order valence-corrected chi connectivity index (χ3v) is 3.70. The van der Waals surface area contributed by atoms with Crippen molar-refractivity contribution in [3.05, 3.63) is 54.6 Å². The second-order valence-electron chi connectivity index (χ2n) is 5.03. The maximum absolute atomic E-state index is 5.47. The number of fused-ring (bicyclic) bond motifs is 1. The average Bonchev–Trinajstić information content (AvgIpc) is 3.19. The molecule has 0 radical (unpaired) electrons. The topological polar surface area (TPSA) is 47.3 Å². The summed E-state index contributed by atoms with van der Waals surface area (Å²) in [5.74, 6) is 1.97. The van der Waals surface area contributed by atoms with Crippen LogP contribution < -0.4 is 0 Å². The van der Waals surface area contributed by atoms with Gasteiger partial charge in [0, 0.05) is 25.2 Å². The molecule has 102 valence electrons. The van der Waals surface area contributed by atoms with E-state index in [1.54, 1.807) is 18.8 Å². The minimum Gasteiger partial charge on any atom is -0.472 e. The van der Waals surface area contributed by atoms with Crippen LogP contribution in [0.25, 0.3) is 11.5 Å². The largest absolute Gasteiger partial charge is 0.472 e. The molecule has 0 saturated carbocycles. The van der Waals surface area contributed by atoms with Gasteiger partial charge in [-0.15, -0.1) is 0 Å². The lowest BCUT2D eigenvalue weighted by atomic mass is 10.2. The lowest BCUT2D eigenvalue weighted by Gasteiger charge is -2.27. The van der Waals surface area contributed by atoms with E-state index in [1.807, 2.05) is 24.4 Å². The highest BCUT2D eigenvalue weighted by molar-refractivity contribution is 5.52. The first kappa shape index (κ1) is 11.5. The number of aromatic nitrogens is 2. The van der Waals surface area contributed by atoms with Crippen molar-refractivity contribution in [1.29, 1.82) is 0 Å². The lowest BCUT2D eigenvalue weighted by molar-refractivity contribution is 0.209. The van der Waals surface area contributed by atoms with Crippen LogP contribution in [0.15, 0.2) is 52.0 Å². The summed E-state index contributed by atoms with van der Waals surface area (Å²) in [6.45, 7) is 3.69.